The minimum Gasteiger partial charge on any atom is -0.497 e. The number of hydrogen-bond donors (Lipinski definition) is 0. The molecule has 1 heterocycles. The normalized spacial score (nSPS) is 17.8. The maximum absolute atomic E-state index is 12.5. The zero-order valence-corrected chi connectivity index (χ0v) is 15.1. The molecule has 0 spiro atoms. The van der Waals surface area contributed by atoms with Gasteiger partial charge in [-0.25, -0.2) is 0 Å². The van der Waals surface area contributed by atoms with Crippen LogP contribution in [0.5, 0.6) is 5.75 Å². The molecule has 1 aliphatic heterocycles. The Balaban J connectivity index is 1.84. The van der Waals surface area contributed by atoms with Crippen LogP contribution in [0.25, 0.3) is 0 Å². The summed E-state index contributed by atoms with van der Waals surface area (Å²) in [7, 11) is 1.62. The smallest absolute Gasteiger partial charge is 0.303 e. The maximum atomic E-state index is 12.5. The highest BCUT2D eigenvalue weighted by Crippen LogP contribution is 2.34. The second-order valence-electron chi connectivity index (χ2n) is 6.42. The highest BCUT2D eigenvalue weighted by molar-refractivity contribution is 5.79. The summed E-state index contributed by atoms with van der Waals surface area (Å²) in [6.07, 6.45) is 0.672. The largest absolute Gasteiger partial charge is 0.497 e. The van der Waals surface area contributed by atoms with Crippen LogP contribution in [0.1, 0.15) is 37.0 Å². The van der Waals surface area contributed by atoms with E-state index in [1.165, 1.54) is 6.92 Å². The zero-order chi connectivity index (χ0) is 18.5. The molecule has 2 atom stereocenters. The lowest BCUT2D eigenvalue weighted by Gasteiger charge is -2.31. The van der Waals surface area contributed by atoms with E-state index in [2.05, 4.69) is 0 Å². The van der Waals surface area contributed by atoms with Crippen LogP contribution < -0.4 is 4.74 Å². The van der Waals surface area contributed by atoms with Gasteiger partial charge in [-0.15, -0.1) is 0 Å². The first-order valence-corrected chi connectivity index (χ1v) is 8.73. The first-order valence-electron chi connectivity index (χ1n) is 8.73. The molecule has 136 valence electrons. The average Bonchev–Trinajstić information content (AvgIpc) is 3.01. The fraction of sp³-hybridized carbons (Fsp3) is 0.333. The molecule has 0 bridgehead atoms. The van der Waals surface area contributed by atoms with Crippen LogP contribution in [0.15, 0.2) is 54.6 Å². The Bertz CT molecular complexity index is 757. The predicted molar refractivity (Wildman–Crippen MR) is 97.5 cm³/mol. The molecular formula is C21H23NO4. The van der Waals surface area contributed by atoms with E-state index >= 15 is 0 Å². The molecule has 5 nitrogen and oxygen atoms in total. The number of amides is 1. The fourth-order valence-electron chi connectivity index (χ4n) is 3.39. The number of methoxy groups -OCH3 is 1. The molecule has 0 radical (unpaired) electrons. The van der Waals surface area contributed by atoms with Crippen LogP contribution in [0, 0.1) is 0 Å². The number of carbonyl (C=O) groups excluding carboxylic acids is 2. The van der Waals surface area contributed by atoms with Gasteiger partial charge in [0, 0.05) is 19.9 Å². The molecule has 1 aliphatic rings. The molecule has 2 aromatic rings. The van der Waals surface area contributed by atoms with Crippen LogP contribution in [-0.4, -0.2) is 29.9 Å². The monoisotopic (exact) mass is 353 g/mol. The number of hydrogen-bond acceptors (Lipinski definition) is 4. The second-order valence-corrected chi connectivity index (χ2v) is 6.42. The van der Waals surface area contributed by atoms with Crippen molar-refractivity contribution in [2.75, 3.05) is 7.11 Å². The van der Waals surface area contributed by atoms with E-state index < -0.39 is 6.10 Å². The maximum Gasteiger partial charge on any atom is 0.303 e. The molecule has 1 fully saturated rings. The molecule has 0 saturated carbocycles. The van der Waals surface area contributed by atoms with Gasteiger partial charge in [0.2, 0.25) is 5.91 Å². The van der Waals surface area contributed by atoms with E-state index in [0.717, 1.165) is 16.9 Å². The summed E-state index contributed by atoms with van der Waals surface area (Å²) < 4.78 is 10.8. The Labute approximate surface area is 153 Å². The van der Waals surface area contributed by atoms with E-state index in [-0.39, 0.29) is 17.9 Å². The van der Waals surface area contributed by atoms with Crippen molar-refractivity contribution in [3.05, 3.63) is 65.7 Å². The molecule has 3 rings (SSSR count). The van der Waals surface area contributed by atoms with Crippen LogP contribution in [0.4, 0.5) is 0 Å². The summed E-state index contributed by atoms with van der Waals surface area (Å²) in [5, 5.41) is 0. The van der Waals surface area contributed by atoms with Crippen LogP contribution in [0.3, 0.4) is 0 Å². The number of esters is 1. The number of likely N-dealkylation sites (tertiary alicyclic amines) is 1. The third-order valence-electron chi connectivity index (χ3n) is 4.66. The van der Waals surface area contributed by atoms with Crippen LogP contribution >= 0.6 is 0 Å². The molecule has 1 saturated heterocycles. The third-order valence-corrected chi connectivity index (χ3v) is 4.66. The van der Waals surface area contributed by atoms with E-state index in [1.807, 2.05) is 59.5 Å². The van der Waals surface area contributed by atoms with E-state index in [0.29, 0.717) is 19.4 Å². The molecule has 2 unspecified atom stereocenters. The summed E-state index contributed by atoms with van der Waals surface area (Å²) in [5.74, 6) is 0.515. The topological polar surface area (TPSA) is 55.8 Å². The minimum atomic E-state index is -0.460. The molecule has 0 aromatic heterocycles. The van der Waals surface area contributed by atoms with Gasteiger partial charge < -0.3 is 14.4 Å². The van der Waals surface area contributed by atoms with Crippen LogP contribution in [0.2, 0.25) is 0 Å². The zero-order valence-electron chi connectivity index (χ0n) is 15.1. The first kappa shape index (κ1) is 18.0. The number of nitrogens with zero attached hydrogens (tertiary/aromatic N) is 1. The highest BCUT2D eigenvalue weighted by Gasteiger charge is 2.38. The molecule has 2 aromatic carbocycles. The van der Waals surface area contributed by atoms with E-state index in [9.17, 15) is 9.59 Å². The van der Waals surface area contributed by atoms with Gasteiger partial charge in [0.1, 0.15) is 11.9 Å². The summed E-state index contributed by atoms with van der Waals surface area (Å²) in [6, 6.07) is 17.1. The summed E-state index contributed by atoms with van der Waals surface area (Å²) in [6.45, 7) is 1.89. The van der Waals surface area contributed by atoms with E-state index in [4.69, 9.17) is 9.47 Å². The third kappa shape index (κ3) is 4.04. The Morgan fingerprint density at radius 1 is 1.15 bits per heavy atom. The Morgan fingerprint density at radius 2 is 1.85 bits per heavy atom. The summed E-state index contributed by atoms with van der Waals surface area (Å²) in [5.41, 5.74) is 1.92. The van der Waals surface area contributed by atoms with Gasteiger partial charge in [0.25, 0.3) is 0 Å². The van der Waals surface area contributed by atoms with E-state index in [1.54, 1.807) is 7.11 Å². The lowest BCUT2D eigenvalue weighted by atomic mass is 9.99. The number of ether oxygens (including phenoxy) is 2. The van der Waals surface area contributed by atoms with Gasteiger partial charge in [0.05, 0.1) is 13.2 Å². The highest BCUT2D eigenvalue weighted by atomic mass is 16.5. The Kier molecular flexibility index (Phi) is 5.56. The quantitative estimate of drug-likeness (QED) is 0.746. The van der Waals surface area contributed by atoms with Crippen molar-refractivity contribution >= 4 is 11.9 Å². The molecule has 0 N–H and O–H groups in total. The van der Waals surface area contributed by atoms with Crippen molar-refractivity contribution in [1.29, 1.82) is 0 Å². The predicted octanol–water partition coefficient (Wildman–Crippen LogP) is 3.49. The molecule has 1 amide bonds. The van der Waals surface area contributed by atoms with Gasteiger partial charge in [-0.05, 0) is 29.7 Å². The van der Waals surface area contributed by atoms with Gasteiger partial charge >= 0.3 is 5.97 Å². The van der Waals surface area contributed by atoms with Gasteiger partial charge in [-0.1, -0.05) is 42.5 Å². The molecule has 5 heteroatoms. The second kappa shape index (κ2) is 8.04. The Hall–Kier alpha value is -2.82. The summed E-state index contributed by atoms with van der Waals surface area (Å²) in [4.78, 5) is 26.0. The van der Waals surface area contributed by atoms with Crippen molar-refractivity contribution in [3.63, 3.8) is 0 Å². The molecule has 0 aliphatic carbocycles. The fourth-order valence-corrected chi connectivity index (χ4v) is 3.39. The summed E-state index contributed by atoms with van der Waals surface area (Å²) >= 11 is 0. The van der Waals surface area contributed by atoms with Crippen LogP contribution in [-0.2, 0) is 20.9 Å². The number of rotatable bonds is 6. The lowest BCUT2D eigenvalue weighted by Crippen LogP contribution is -2.38. The van der Waals surface area contributed by atoms with Crippen molar-refractivity contribution in [2.45, 2.75) is 38.5 Å². The molecule has 26 heavy (non-hydrogen) atoms. The van der Waals surface area contributed by atoms with Gasteiger partial charge in [0.15, 0.2) is 0 Å². The lowest BCUT2D eigenvalue weighted by molar-refractivity contribution is -0.152. The Morgan fingerprint density at radius 3 is 2.46 bits per heavy atom. The van der Waals surface area contributed by atoms with Crippen molar-refractivity contribution in [2.24, 2.45) is 0 Å². The van der Waals surface area contributed by atoms with Crippen molar-refractivity contribution in [3.8, 4) is 5.75 Å². The molecular weight excluding hydrogens is 330 g/mol. The number of carbonyl (C=O) groups is 2. The van der Waals surface area contributed by atoms with Gasteiger partial charge in [-0.2, -0.15) is 0 Å². The van der Waals surface area contributed by atoms with Gasteiger partial charge in [-0.3, -0.25) is 9.59 Å². The van der Waals surface area contributed by atoms with Crippen molar-refractivity contribution in [1.82, 2.24) is 4.90 Å². The average molecular weight is 353 g/mol. The number of benzene rings is 2. The SMILES string of the molecule is COc1ccc(CN2C(=O)CCC2C(OC(C)=O)c2ccccc2)cc1. The van der Waals surface area contributed by atoms with Crippen molar-refractivity contribution < 1.29 is 19.1 Å². The first-order chi connectivity index (χ1) is 12.6. The minimum absolute atomic E-state index is 0.0823. The standard InChI is InChI=1S/C21H23NO4/c1-15(23)26-21(17-6-4-3-5-7-17)19-12-13-20(24)22(19)14-16-8-10-18(25-2)11-9-16/h3-11,19,21H,12-14H2,1-2H3.